The minimum atomic E-state index is -0.398. The molecule has 0 aliphatic carbocycles. The Balaban J connectivity index is 2.34. The van der Waals surface area contributed by atoms with Crippen LogP contribution in [0.1, 0.15) is 18.9 Å². The molecule has 1 unspecified atom stereocenters. The molecule has 19 heavy (non-hydrogen) atoms. The van der Waals surface area contributed by atoms with Gasteiger partial charge >= 0.3 is 0 Å². The van der Waals surface area contributed by atoms with Crippen molar-refractivity contribution in [2.24, 2.45) is 0 Å². The lowest BCUT2D eigenvalue weighted by molar-refractivity contribution is -0.384. The van der Waals surface area contributed by atoms with Crippen molar-refractivity contribution in [2.75, 3.05) is 24.6 Å². The van der Waals surface area contributed by atoms with Gasteiger partial charge in [0.1, 0.15) is 5.69 Å². The lowest BCUT2D eigenvalue weighted by atomic mass is 10.1. The van der Waals surface area contributed by atoms with Gasteiger partial charge in [-0.05, 0) is 25.0 Å². The number of hydrogen-bond acceptors (Lipinski definition) is 5. The minimum Gasteiger partial charge on any atom is -0.392 e. The second-order valence-electron chi connectivity index (χ2n) is 4.72. The average molecular weight is 266 g/mol. The Morgan fingerprint density at radius 2 is 2.37 bits per heavy atom. The number of aliphatic hydroxyl groups excluding tert-OH is 1. The molecule has 104 valence electrons. The first-order chi connectivity index (χ1) is 9.11. The summed E-state index contributed by atoms with van der Waals surface area (Å²) in [6.07, 6.45) is 0.906. The van der Waals surface area contributed by atoms with E-state index in [0.29, 0.717) is 24.4 Å². The van der Waals surface area contributed by atoms with Gasteiger partial charge in [0.2, 0.25) is 0 Å². The first-order valence-corrected chi connectivity index (χ1v) is 6.36. The maximum atomic E-state index is 11.2. The zero-order valence-electron chi connectivity index (χ0n) is 10.9. The van der Waals surface area contributed by atoms with Crippen molar-refractivity contribution in [3.63, 3.8) is 0 Å². The van der Waals surface area contributed by atoms with Gasteiger partial charge in [-0.15, -0.1) is 0 Å². The van der Waals surface area contributed by atoms with Crippen LogP contribution in [0.25, 0.3) is 0 Å². The third-order valence-corrected chi connectivity index (χ3v) is 3.21. The Hall–Kier alpha value is -1.66. The first-order valence-electron chi connectivity index (χ1n) is 6.36. The van der Waals surface area contributed by atoms with E-state index >= 15 is 0 Å². The van der Waals surface area contributed by atoms with Crippen LogP contribution < -0.4 is 4.90 Å². The molecular weight excluding hydrogens is 248 g/mol. The number of anilines is 1. The van der Waals surface area contributed by atoms with Crippen LogP contribution in [0.4, 0.5) is 11.4 Å². The van der Waals surface area contributed by atoms with Crippen LogP contribution in [0.15, 0.2) is 18.2 Å². The van der Waals surface area contributed by atoms with E-state index in [1.807, 2.05) is 11.8 Å². The molecule has 1 atom stereocenters. The van der Waals surface area contributed by atoms with E-state index in [1.165, 1.54) is 6.07 Å². The third-order valence-electron chi connectivity index (χ3n) is 3.21. The molecule has 0 amide bonds. The van der Waals surface area contributed by atoms with Crippen molar-refractivity contribution >= 4 is 11.4 Å². The average Bonchev–Trinajstić information content (AvgIpc) is 2.62. The molecule has 0 saturated carbocycles. The summed E-state index contributed by atoms with van der Waals surface area (Å²) < 4.78 is 5.55. The normalized spacial score (nSPS) is 20.1. The second-order valence-corrected chi connectivity index (χ2v) is 4.72. The molecular formula is C13H18N2O4. The SMILES string of the molecule is CC1CN(c2ccc(CO)cc2[N+](=O)[O-])CCCO1. The molecule has 0 bridgehead atoms. The van der Waals surface area contributed by atoms with Crippen LogP contribution in [-0.2, 0) is 11.3 Å². The quantitative estimate of drug-likeness (QED) is 0.665. The number of nitro benzene ring substituents is 1. The fourth-order valence-electron chi connectivity index (χ4n) is 2.29. The summed E-state index contributed by atoms with van der Waals surface area (Å²) in [5.74, 6) is 0. The molecule has 2 rings (SSSR count). The maximum Gasteiger partial charge on any atom is 0.292 e. The second kappa shape index (κ2) is 5.99. The van der Waals surface area contributed by atoms with Crippen LogP contribution in [-0.4, -0.2) is 35.8 Å². The summed E-state index contributed by atoms with van der Waals surface area (Å²) in [6, 6.07) is 4.87. The predicted molar refractivity (Wildman–Crippen MR) is 71.3 cm³/mol. The lowest BCUT2D eigenvalue weighted by Crippen LogP contribution is -2.30. The highest BCUT2D eigenvalue weighted by Crippen LogP contribution is 2.30. The summed E-state index contributed by atoms with van der Waals surface area (Å²) >= 11 is 0. The van der Waals surface area contributed by atoms with Gasteiger partial charge in [0.25, 0.3) is 5.69 Å². The highest BCUT2D eigenvalue weighted by molar-refractivity contribution is 5.64. The van der Waals surface area contributed by atoms with E-state index in [2.05, 4.69) is 0 Å². The van der Waals surface area contributed by atoms with Crippen molar-refractivity contribution in [3.8, 4) is 0 Å². The number of nitro groups is 1. The minimum absolute atomic E-state index is 0.0423. The van der Waals surface area contributed by atoms with Crippen molar-refractivity contribution in [3.05, 3.63) is 33.9 Å². The van der Waals surface area contributed by atoms with Gasteiger partial charge in [0.05, 0.1) is 17.6 Å². The summed E-state index contributed by atoms with van der Waals surface area (Å²) in [6.45, 7) is 3.83. The zero-order valence-corrected chi connectivity index (χ0v) is 10.9. The fourth-order valence-corrected chi connectivity index (χ4v) is 2.29. The molecule has 0 aromatic heterocycles. The summed E-state index contributed by atoms with van der Waals surface area (Å²) in [7, 11) is 0. The Labute approximate surface area is 111 Å². The summed E-state index contributed by atoms with van der Waals surface area (Å²) in [4.78, 5) is 12.8. The van der Waals surface area contributed by atoms with Gasteiger partial charge in [-0.3, -0.25) is 10.1 Å². The van der Waals surface area contributed by atoms with Gasteiger partial charge in [0, 0.05) is 25.8 Å². The van der Waals surface area contributed by atoms with Crippen LogP contribution >= 0.6 is 0 Å². The number of benzene rings is 1. The first kappa shape index (κ1) is 13.8. The Morgan fingerprint density at radius 3 is 3.05 bits per heavy atom. The van der Waals surface area contributed by atoms with Crippen molar-refractivity contribution < 1.29 is 14.8 Å². The standard InChI is InChI=1S/C13H18N2O4/c1-10-8-14(5-2-6-19-10)12-4-3-11(9-16)7-13(12)15(17)18/h3-4,7,10,16H,2,5-6,8-9H2,1H3. The van der Waals surface area contributed by atoms with E-state index in [-0.39, 0.29) is 18.4 Å². The number of aliphatic hydroxyl groups is 1. The smallest absolute Gasteiger partial charge is 0.292 e. The molecule has 0 radical (unpaired) electrons. The van der Waals surface area contributed by atoms with Crippen molar-refractivity contribution in [1.82, 2.24) is 0 Å². The molecule has 1 aromatic rings. The Kier molecular flexibility index (Phi) is 4.34. The van der Waals surface area contributed by atoms with E-state index < -0.39 is 4.92 Å². The van der Waals surface area contributed by atoms with E-state index in [1.54, 1.807) is 12.1 Å². The fraction of sp³-hybridized carbons (Fsp3) is 0.538. The van der Waals surface area contributed by atoms with Gasteiger partial charge in [-0.25, -0.2) is 0 Å². The Morgan fingerprint density at radius 1 is 1.58 bits per heavy atom. The van der Waals surface area contributed by atoms with E-state index in [9.17, 15) is 10.1 Å². The van der Waals surface area contributed by atoms with Crippen molar-refractivity contribution in [2.45, 2.75) is 26.1 Å². The van der Waals surface area contributed by atoms with Gasteiger partial charge in [-0.2, -0.15) is 0 Å². The number of ether oxygens (including phenoxy) is 1. The lowest BCUT2D eigenvalue weighted by Gasteiger charge is -2.24. The molecule has 6 nitrogen and oxygen atoms in total. The highest BCUT2D eigenvalue weighted by atomic mass is 16.6. The molecule has 1 aromatic carbocycles. The van der Waals surface area contributed by atoms with Crippen molar-refractivity contribution in [1.29, 1.82) is 0 Å². The molecule has 1 heterocycles. The van der Waals surface area contributed by atoms with Crippen LogP contribution in [0.5, 0.6) is 0 Å². The molecule has 1 saturated heterocycles. The molecule has 0 spiro atoms. The van der Waals surface area contributed by atoms with E-state index in [4.69, 9.17) is 9.84 Å². The van der Waals surface area contributed by atoms with Crippen LogP contribution in [0.2, 0.25) is 0 Å². The largest absolute Gasteiger partial charge is 0.392 e. The van der Waals surface area contributed by atoms with Gasteiger partial charge in [-0.1, -0.05) is 6.07 Å². The maximum absolute atomic E-state index is 11.2. The molecule has 6 heteroatoms. The third kappa shape index (κ3) is 3.21. The number of rotatable bonds is 3. The number of hydrogen-bond donors (Lipinski definition) is 1. The topological polar surface area (TPSA) is 75.8 Å². The molecule has 1 fully saturated rings. The highest BCUT2D eigenvalue weighted by Gasteiger charge is 2.23. The van der Waals surface area contributed by atoms with Gasteiger partial charge in [0.15, 0.2) is 0 Å². The van der Waals surface area contributed by atoms with E-state index in [0.717, 1.165) is 13.0 Å². The summed E-state index contributed by atoms with van der Waals surface area (Å²) in [5.41, 5.74) is 1.19. The molecule has 1 aliphatic rings. The van der Waals surface area contributed by atoms with Gasteiger partial charge < -0.3 is 14.7 Å². The zero-order chi connectivity index (χ0) is 13.8. The summed E-state index contributed by atoms with van der Waals surface area (Å²) in [5, 5.41) is 20.2. The molecule has 1 aliphatic heterocycles. The number of nitrogens with zero attached hydrogens (tertiary/aromatic N) is 2. The van der Waals surface area contributed by atoms with Crippen LogP contribution in [0.3, 0.4) is 0 Å². The Bertz CT molecular complexity index is 464. The molecule has 1 N–H and O–H groups in total. The van der Waals surface area contributed by atoms with Crippen LogP contribution in [0, 0.1) is 10.1 Å². The monoisotopic (exact) mass is 266 g/mol. The predicted octanol–water partition coefficient (Wildman–Crippen LogP) is 1.70.